The van der Waals surface area contributed by atoms with Crippen molar-refractivity contribution < 1.29 is 5.21 Å². The molecule has 0 saturated heterocycles. The van der Waals surface area contributed by atoms with Crippen molar-refractivity contribution in [1.29, 1.82) is 0 Å². The molecule has 4 heteroatoms. The highest BCUT2D eigenvalue weighted by Gasteiger charge is 2.31. The number of nitrogens with zero attached hydrogens (tertiary/aromatic N) is 1. The van der Waals surface area contributed by atoms with Crippen LogP contribution in [-0.2, 0) is 0 Å². The minimum Gasteiger partial charge on any atom is -0.199 e. The van der Waals surface area contributed by atoms with Crippen LogP contribution in [-0.4, -0.2) is 11.2 Å². The summed E-state index contributed by atoms with van der Waals surface area (Å²) in [6.45, 7) is 3.82. The first-order valence-electron chi connectivity index (χ1n) is 4.05. The first kappa shape index (κ1) is 11.0. The summed E-state index contributed by atoms with van der Waals surface area (Å²) in [7, 11) is 0. The molecule has 0 aromatic heterocycles. The third-order valence-corrected chi connectivity index (χ3v) is 3.28. The maximum Gasteiger partial charge on any atom is 0.191 e. The van der Waals surface area contributed by atoms with Gasteiger partial charge in [0.25, 0.3) is 0 Å². The van der Waals surface area contributed by atoms with E-state index in [1.165, 1.54) is 0 Å². The minimum absolute atomic E-state index is 0.00188. The van der Waals surface area contributed by atoms with E-state index in [-0.39, 0.29) is 6.04 Å². The van der Waals surface area contributed by atoms with Crippen molar-refractivity contribution in [2.75, 3.05) is 0 Å². The topological polar surface area (TPSA) is 20.2 Å². The predicted molar refractivity (Wildman–Crippen MR) is 61.8 cm³/mol. The average molecular weight is 263 g/mol. The second kappa shape index (κ2) is 4.00. The fourth-order valence-corrected chi connectivity index (χ4v) is 1.86. The zero-order valence-corrected chi connectivity index (χ0v) is 10.1. The van der Waals surface area contributed by atoms with Crippen LogP contribution in [0.3, 0.4) is 0 Å². The molecular weight excluding hydrogens is 250 g/mol. The van der Waals surface area contributed by atoms with Crippen LogP contribution in [0.4, 0.5) is 5.69 Å². The first-order valence-corrected chi connectivity index (χ1v) is 5.25. The molecule has 0 amide bonds. The number of quaternary nitrogens is 1. The van der Waals surface area contributed by atoms with Gasteiger partial charge in [0.15, 0.2) is 5.69 Å². The molecule has 0 spiro atoms. The second-order valence-electron chi connectivity index (χ2n) is 3.19. The standard InChI is InChI=1S/C9H13BrNOS/c1-7(2)11(12,13)9-6-4-3-5-8(9)10/h3-7,12-13H,1-2H3/q+1. The quantitative estimate of drug-likeness (QED) is 0.476. The lowest BCUT2D eigenvalue weighted by molar-refractivity contribution is -0.00113. The Morgan fingerprint density at radius 2 is 1.92 bits per heavy atom. The molecule has 1 aromatic rings. The van der Waals surface area contributed by atoms with Crippen molar-refractivity contribution in [1.82, 2.24) is 4.05 Å². The fourth-order valence-electron chi connectivity index (χ4n) is 0.997. The number of rotatable bonds is 2. The Kier molecular flexibility index (Phi) is 3.40. The molecule has 1 aromatic carbocycles. The summed E-state index contributed by atoms with van der Waals surface area (Å²) in [5, 5.41) is 10.0. The molecule has 0 saturated carbocycles. The molecule has 0 aliphatic rings. The average Bonchev–Trinajstić information content (AvgIpc) is 2.04. The van der Waals surface area contributed by atoms with Gasteiger partial charge in [-0.1, -0.05) is 16.2 Å². The van der Waals surface area contributed by atoms with Crippen molar-refractivity contribution in [3.8, 4) is 0 Å². The van der Waals surface area contributed by atoms with E-state index in [0.717, 1.165) is 10.2 Å². The van der Waals surface area contributed by atoms with E-state index >= 15 is 0 Å². The molecule has 0 bridgehead atoms. The Hall–Kier alpha value is -0.0300. The number of hydrogen-bond donors (Lipinski definition) is 2. The van der Waals surface area contributed by atoms with Gasteiger partial charge in [-0.2, -0.15) is 5.21 Å². The molecule has 13 heavy (non-hydrogen) atoms. The summed E-state index contributed by atoms with van der Waals surface area (Å²) in [5.41, 5.74) is 0.751. The maximum absolute atomic E-state index is 10.0. The summed E-state index contributed by atoms with van der Waals surface area (Å²) < 4.78 is 0.461. The lowest BCUT2D eigenvalue weighted by atomic mass is 10.3. The van der Waals surface area contributed by atoms with Gasteiger partial charge in [0.1, 0.15) is 6.04 Å². The molecule has 0 aliphatic heterocycles. The third kappa shape index (κ3) is 2.26. The van der Waals surface area contributed by atoms with Crippen molar-refractivity contribution in [3.05, 3.63) is 28.7 Å². The molecule has 72 valence electrons. The molecule has 2 nitrogen and oxygen atoms in total. The number of benzene rings is 1. The van der Waals surface area contributed by atoms with Crippen LogP contribution >= 0.6 is 28.7 Å². The molecule has 1 rings (SSSR count). The first-order chi connectivity index (χ1) is 5.96. The minimum atomic E-state index is -0.401. The largest absolute Gasteiger partial charge is 0.199 e. The van der Waals surface area contributed by atoms with Crippen molar-refractivity contribution in [2.24, 2.45) is 0 Å². The van der Waals surface area contributed by atoms with E-state index in [0.29, 0.717) is 0 Å². The Balaban J connectivity index is 3.14. The predicted octanol–water partition coefficient (Wildman–Crippen LogP) is 3.40. The lowest BCUT2D eigenvalue weighted by Gasteiger charge is -2.26. The highest BCUT2D eigenvalue weighted by atomic mass is 79.9. The van der Waals surface area contributed by atoms with Gasteiger partial charge < -0.3 is 0 Å². The molecule has 0 radical (unpaired) electrons. The Bertz CT molecular complexity index is 301. The molecule has 0 fully saturated rings. The molecule has 1 N–H and O–H groups in total. The van der Waals surface area contributed by atoms with Gasteiger partial charge in [-0.25, -0.2) is 0 Å². The van der Waals surface area contributed by atoms with Gasteiger partial charge in [0, 0.05) is 6.07 Å². The van der Waals surface area contributed by atoms with Gasteiger partial charge in [-0.15, -0.1) is 0 Å². The van der Waals surface area contributed by atoms with Crippen molar-refractivity contribution >= 4 is 34.4 Å². The van der Waals surface area contributed by atoms with Crippen LogP contribution in [0.25, 0.3) is 0 Å². The van der Waals surface area contributed by atoms with E-state index in [2.05, 4.69) is 28.7 Å². The van der Waals surface area contributed by atoms with E-state index in [1.54, 1.807) is 0 Å². The van der Waals surface area contributed by atoms with Crippen LogP contribution in [0.5, 0.6) is 0 Å². The highest BCUT2D eigenvalue weighted by molar-refractivity contribution is 9.10. The Morgan fingerprint density at radius 3 is 2.38 bits per heavy atom. The zero-order chi connectivity index (χ0) is 10.1. The van der Waals surface area contributed by atoms with Crippen LogP contribution in [0.15, 0.2) is 28.7 Å². The number of thiol groups is 1. The molecule has 1 unspecified atom stereocenters. The second-order valence-corrected chi connectivity index (χ2v) is 4.66. The summed E-state index contributed by atoms with van der Waals surface area (Å²) in [4.78, 5) is 0. The van der Waals surface area contributed by atoms with E-state index in [1.807, 2.05) is 38.1 Å². The lowest BCUT2D eigenvalue weighted by Crippen LogP contribution is -2.42. The smallest absolute Gasteiger partial charge is 0.191 e. The molecule has 0 aliphatic carbocycles. The highest BCUT2D eigenvalue weighted by Crippen LogP contribution is 2.33. The Morgan fingerprint density at radius 1 is 1.38 bits per heavy atom. The summed E-state index contributed by atoms with van der Waals surface area (Å²) in [6.07, 6.45) is 0. The number of hydroxylamine groups is 1. The zero-order valence-electron chi connectivity index (χ0n) is 7.61. The Labute approximate surface area is 92.4 Å². The van der Waals surface area contributed by atoms with Gasteiger partial charge in [0.2, 0.25) is 0 Å². The monoisotopic (exact) mass is 262 g/mol. The van der Waals surface area contributed by atoms with Crippen LogP contribution < -0.4 is 4.05 Å². The summed E-state index contributed by atoms with van der Waals surface area (Å²) in [5.74, 6) is 0. The van der Waals surface area contributed by atoms with E-state index in [4.69, 9.17) is 0 Å². The molecule has 1 atom stereocenters. The van der Waals surface area contributed by atoms with Gasteiger partial charge in [-0.3, -0.25) is 0 Å². The number of halogens is 1. The van der Waals surface area contributed by atoms with Gasteiger partial charge in [-0.05, 0) is 35.8 Å². The molecule has 0 heterocycles. The summed E-state index contributed by atoms with van der Waals surface area (Å²) >= 11 is 7.58. The summed E-state index contributed by atoms with van der Waals surface area (Å²) in [6, 6.07) is 7.51. The van der Waals surface area contributed by atoms with E-state index in [9.17, 15) is 5.21 Å². The van der Waals surface area contributed by atoms with Crippen LogP contribution in [0.1, 0.15) is 13.8 Å². The third-order valence-electron chi connectivity index (χ3n) is 1.93. The number of para-hydroxylation sites is 1. The molecular formula is C9H13BrNOS+. The van der Waals surface area contributed by atoms with Crippen molar-refractivity contribution in [3.63, 3.8) is 0 Å². The SMILES string of the molecule is CC(C)[N+](O)(S)c1ccccc1Br. The van der Waals surface area contributed by atoms with Gasteiger partial charge in [0.05, 0.1) is 17.3 Å². The maximum atomic E-state index is 10.0. The van der Waals surface area contributed by atoms with E-state index < -0.39 is 4.05 Å². The van der Waals surface area contributed by atoms with Gasteiger partial charge >= 0.3 is 0 Å². The fraction of sp³-hybridized carbons (Fsp3) is 0.333. The number of hydrogen-bond acceptors (Lipinski definition) is 2. The normalized spacial score (nSPS) is 15.8. The van der Waals surface area contributed by atoms with Crippen LogP contribution in [0.2, 0.25) is 0 Å². The van der Waals surface area contributed by atoms with Crippen LogP contribution in [0, 0.1) is 0 Å². The van der Waals surface area contributed by atoms with Crippen molar-refractivity contribution in [2.45, 2.75) is 19.9 Å².